The molecule has 0 radical (unpaired) electrons. The van der Waals surface area contributed by atoms with Crippen LogP contribution < -0.4 is 0 Å². The molecule has 0 spiro atoms. The largest absolute Gasteiger partial charge is 0.395 e. The molecule has 1 aliphatic heterocycles. The van der Waals surface area contributed by atoms with Crippen molar-refractivity contribution in [2.24, 2.45) is 0 Å². The molecule has 0 amide bonds. The lowest BCUT2D eigenvalue weighted by molar-refractivity contribution is 0.198. The topological polar surface area (TPSA) is 26.7 Å². The van der Waals surface area contributed by atoms with Gasteiger partial charge in [0.15, 0.2) is 0 Å². The molecule has 14 heavy (non-hydrogen) atoms. The number of rotatable bonds is 4. The first-order chi connectivity index (χ1) is 6.72. The Bertz CT molecular complexity index is 187. The summed E-state index contributed by atoms with van der Waals surface area (Å²) in [4.78, 5) is 4.60. The number of aliphatic hydroxyl groups is 1. The van der Waals surface area contributed by atoms with Crippen molar-refractivity contribution in [2.45, 2.75) is 6.42 Å². The number of β-amino-alcohol motifs (C(OH)–C–C–N with tert-alkyl or cyclic N) is 1. The van der Waals surface area contributed by atoms with E-state index in [1.54, 1.807) is 0 Å². The summed E-state index contributed by atoms with van der Waals surface area (Å²) in [5, 5.41) is 9.54. The zero-order chi connectivity index (χ0) is 10.4. The highest BCUT2D eigenvalue weighted by Gasteiger charge is 2.13. The second-order valence-corrected chi connectivity index (χ2v) is 4.25. The van der Waals surface area contributed by atoms with Crippen LogP contribution in [0, 0.1) is 0 Å². The van der Waals surface area contributed by atoms with Crippen LogP contribution in [0.5, 0.6) is 0 Å². The van der Waals surface area contributed by atoms with Crippen LogP contribution in [0.1, 0.15) is 6.42 Å². The first kappa shape index (κ1) is 12.0. The smallest absolute Gasteiger partial charge is 0.0558 e. The quantitative estimate of drug-likeness (QED) is 0.754. The number of hydrogen-bond acceptors (Lipinski definition) is 3. The van der Waals surface area contributed by atoms with E-state index in [4.69, 9.17) is 16.7 Å². The van der Waals surface area contributed by atoms with Gasteiger partial charge in [-0.05, 0) is 19.5 Å². The summed E-state index contributed by atoms with van der Waals surface area (Å²) in [6, 6.07) is 0. The van der Waals surface area contributed by atoms with Gasteiger partial charge in [0.25, 0.3) is 0 Å². The maximum atomic E-state index is 8.83. The first-order valence-electron chi connectivity index (χ1n) is 5.11. The molecule has 0 aromatic heterocycles. The van der Waals surface area contributed by atoms with Crippen LogP contribution in [-0.2, 0) is 0 Å². The third kappa shape index (κ3) is 4.42. The second-order valence-electron chi connectivity index (χ2n) is 3.71. The molecule has 0 unspecified atom stereocenters. The number of aliphatic hydroxyl groups excluding tert-OH is 1. The molecule has 0 aromatic carbocycles. The van der Waals surface area contributed by atoms with Gasteiger partial charge in [0.2, 0.25) is 0 Å². The molecule has 82 valence electrons. The van der Waals surface area contributed by atoms with Crippen molar-refractivity contribution in [1.82, 2.24) is 9.80 Å². The molecule has 1 aliphatic rings. The van der Waals surface area contributed by atoms with Crippen molar-refractivity contribution in [3.8, 4) is 0 Å². The summed E-state index contributed by atoms with van der Waals surface area (Å²) in [6.07, 6.45) is 1.14. The van der Waals surface area contributed by atoms with Crippen molar-refractivity contribution < 1.29 is 5.11 Å². The monoisotopic (exact) mass is 218 g/mol. The van der Waals surface area contributed by atoms with Gasteiger partial charge in [-0.2, -0.15) is 0 Å². The highest BCUT2D eigenvalue weighted by atomic mass is 35.5. The molecule has 1 saturated heterocycles. The summed E-state index contributed by atoms with van der Waals surface area (Å²) in [6.45, 7) is 9.72. The highest BCUT2D eigenvalue weighted by molar-refractivity contribution is 6.29. The van der Waals surface area contributed by atoms with Gasteiger partial charge in [0.1, 0.15) is 0 Å². The Labute approximate surface area is 90.9 Å². The van der Waals surface area contributed by atoms with Crippen LogP contribution in [-0.4, -0.2) is 60.8 Å². The Kier molecular flexibility index (Phi) is 5.48. The second kappa shape index (κ2) is 6.40. The Morgan fingerprint density at radius 3 is 2.50 bits per heavy atom. The Balaban J connectivity index is 2.29. The summed E-state index contributed by atoms with van der Waals surface area (Å²) >= 11 is 5.77. The molecule has 1 heterocycles. The maximum absolute atomic E-state index is 8.83. The molecule has 1 N–H and O–H groups in total. The average Bonchev–Trinajstić information content (AvgIpc) is 2.31. The normalized spacial score (nSPS) is 20.7. The van der Waals surface area contributed by atoms with E-state index in [1.165, 1.54) is 0 Å². The van der Waals surface area contributed by atoms with Gasteiger partial charge in [-0.25, -0.2) is 0 Å². The van der Waals surface area contributed by atoms with Gasteiger partial charge < -0.3 is 5.11 Å². The summed E-state index contributed by atoms with van der Waals surface area (Å²) in [5.74, 6) is 0. The lowest BCUT2D eigenvalue weighted by atomic mass is 10.4. The van der Waals surface area contributed by atoms with Gasteiger partial charge >= 0.3 is 0 Å². The first-order valence-corrected chi connectivity index (χ1v) is 5.49. The van der Waals surface area contributed by atoms with Crippen molar-refractivity contribution in [1.29, 1.82) is 0 Å². The third-order valence-electron chi connectivity index (χ3n) is 2.49. The van der Waals surface area contributed by atoms with E-state index in [1.807, 2.05) is 0 Å². The fourth-order valence-electron chi connectivity index (χ4n) is 1.79. The van der Waals surface area contributed by atoms with Gasteiger partial charge in [0, 0.05) is 31.2 Å². The molecule has 0 bridgehead atoms. The lowest BCUT2D eigenvalue weighted by Crippen LogP contribution is -2.32. The van der Waals surface area contributed by atoms with Gasteiger partial charge in [0.05, 0.1) is 6.61 Å². The average molecular weight is 219 g/mol. The van der Waals surface area contributed by atoms with Crippen LogP contribution in [0.25, 0.3) is 0 Å². The van der Waals surface area contributed by atoms with E-state index in [-0.39, 0.29) is 6.61 Å². The SMILES string of the molecule is C=C(Cl)CN1CCCN(CCO)CC1. The van der Waals surface area contributed by atoms with Crippen LogP contribution in [0.3, 0.4) is 0 Å². The van der Waals surface area contributed by atoms with Crippen molar-refractivity contribution in [2.75, 3.05) is 45.9 Å². The number of halogens is 1. The molecule has 1 rings (SSSR count). The standard InChI is InChI=1S/C10H19ClN2O/c1-10(11)9-13-4-2-3-12(5-6-13)7-8-14/h14H,1-9H2. The van der Waals surface area contributed by atoms with Crippen molar-refractivity contribution in [3.63, 3.8) is 0 Å². The fourth-order valence-corrected chi connectivity index (χ4v) is 1.96. The molecule has 3 nitrogen and oxygen atoms in total. The van der Waals surface area contributed by atoms with E-state index >= 15 is 0 Å². The van der Waals surface area contributed by atoms with Crippen LogP contribution in [0.15, 0.2) is 11.6 Å². The minimum Gasteiger partial charge on any atom is -0.395 e. The molecular formula is C10H19ClN2O. The van der Waals surface area contributed by atoms with Gasteiger partial charge in [-0.1, -0.05) is 18.2 Å². The van der Waals surface area contributed by atoms with E-state index in [0.29, 0.717) is 5.03 Å². The van der Waals surface area contributed by atoms with Crippen LogP contribution >= 0.6 is 11.6 Å². The Morgan fingerprint density at radius 1 is 1.21 bits per heavy atom. The fraction of sp³-hybridized carbons (Fsp3) is 0.800. The molecule has 1 fully saturated rings. The van der Waals surface area contributed by atoms with Crippen molar-refractivity contribution >= 4 is 11.6 Å². The predicted octanol–water partition coefficient (Wildman–Crippen LogP) is 0.739. The van der Waals surface area contributed by atoms with E-state index in [0.717, 1.165) is 45.7 Å². The molecular weight excluding hydrogens is 200 g/mol. The lowest BCUT2D eigenvalue weighted by Gasteiger charge is -2.20. The Hall–Kier alpha value is -0.0900. The maximum Gasteiger partial charge on any atom is 0.0558 e. The van der Waals surface area contributed by atoms with E-state index < -0.39 is 0 Å². The number of nitrogens with zero attached hydrogens (tertiary/aromatic N) is 2. The predicted molar refractivity (Wildman–Crippen MR) is 59.6 cm³/mol. The van der Waals surface area contributed by atoms with Crippen LogP contribution in [0.4, 0.5) is 0 Å². The van der Waals surface area contributed by atoms with Crippen molar-refractivity contribution in [3.05, 3.63) is 11.6 Å². The minimum absolute atomic E-state index is 0.252. The summed E-state index contributed by atoms with van der Waals surface area (Å²) < 4.78 is 0. The highest BCUT2D eigenvalue weighted by Crippen LogP contribution is 2.06. The van der Waals surface area contributed by atoms with E-state index in [9.17, 15) is 0 Å². The molecule has 4 heteroatoms. The minimum atomic E-state index is 0.252. The number of hydrogen-bond donors (Lipinski definition) is 1. The zero-order valence-corrected chi connectivity index (χ0v) is 9.34. The molecule has 0 aromatic rings. The zero-order valence-electron chi connectivity index (χ0n) is 8.58. The molecule has 0 aliphatic carbocycles. The Morgan fingerprint density at radius 2 is 1.86 bits per heavy atom. The molecule has 0 atom stereocenters. The van der Waals surface area contributed by atoms with Gasteiger partial charge in [-0.15, -0.1) is 0 Å². The summed E-state index contributed by atoms with van der Waals surface area (Å²) in [5.41, 5.74) is 0. The molecule has 0 saturated carbocycles. The summed E-state index contributed by atoms with van der Waals surface area (Å²) in [7, 11) is 0. The van der Waals surface area contributed by atoms with Gasteiger partial charge in [-0.3, -0.25) is 9.80 Å². The van der Waals surface area contributed by atoms with Crippen LogP contribution in [0.2, 0.25) is 0 Å². The van der Waals surface area contributed by atoms with E-state index in [2.05, 4.69) is 16.4 Å². The third-order valence-corrected chi connectivity index (χ3v) is 2.61.